The van der Waals surface area contributed by atoms with Crippen LogP contribution in [0, 0.1) is 23.6 Å². The number of aliphatic hydroxyl groups is 1. The number of halogens is 1. The average molecular weight is 400 g/mol. The van der Waals surface area contributed by atoms with Gasteiger partial charge in [0.25, 0.3) is 0 Å². The Balaban J connectivity index is 1.50. The van der Waals surface area contributed by atoms with E-state index in [0.29, 0.717) is 43.9 Å². The summed E-state index contributed by atoms with van der Waals surface area (Å²) in [6.45, 7) is 5.25. The number of benzene rings is 1. The maximum atomic E-state index is 13.7. The molecule has 4 aliphatic carbocycles. The molecule has 1 heterocycles. The lowest BCUT2D eigenvalue weighted by Gasteiger charge is -2.65. The van der Waals surface area contributed by atoms with Gasteiger partial charge in [0.2, 0.25) is 5.91 Å². The van der Waals surface area contributed by atoms with Crippen LogP contribution < -0.4 is 0 Å². The number of carbonyl (C=O) groups is 1. The minimum absolute atomic E-state index is 0.0930. The molecule has 156 valence electrons. The van der Waals surface area contributed by atoms with E-state index in [-0.39, 0.29) is 22.7 Å². The summed E-state index contributed by atoms with van der Waals surface area (Å²) in [7, 11) is 0. The maximum absolute atomic E-state index is 13.7. The number of hydrogen-bond acceptors (Lipinski definition) is 3. The fraction of sp³-hybridized carbons (Fsp3) is 0.625. The number of rotatable bonds is 6. The second kappa shape index (κ2) is 6.92. The number of β-amino-alcohol motifs (C(OH)–C–C–N with tert-alkyl or cyclic N) is 1. The largest absolute Gasteiger partial charge is 0.389 e. The monoisotopic (exact) mass is 399 g/mol. The van der Waals surface area contributed by atoms with Gasteiger partial charge < -0.3 is 14.7 Å². The molecule has 1 saturated heterocycles. The molecule has 1 N–H and O–H groups in total. The lowest BCUT2D eigenvalue weighted by molar-refractivity contribution is -0.192. The predicted molar refractivity (Wildman–Crippen MR) is 108 cm³/mol. The van der Waals surface area contributed by atoms with Crippen LogP contribution in [0.15, 0.2) is 36.9 Å². The normalized spacial score (nSPS) is 38.1. The number of ether oxygens (including phenoxy) is 1. The molecule has 1 aliphatic heterocycles. The Hall–Kier alpha value is -1.72. The van der Waals surface area contributed by atoms with Gasteiger partial charge in [0.15, 0.2) is 0 Å². The highest BCUT2D eigenvalue weighted by Crippen LogP contribution is 2.66. The first-order valence-corrected chi connectivity index (χ1v) is 10.9. The van der Waals surface area contributed by atoms with Crippen molar-refractivity contribution in [2.45, 2.75) is 55.6 Å². The van der Waals surface area contributed by atoms with Crippen molar-refractivity contribution in [3.05, 3.63) is 48.3 Å². The van der Waals surface area contributed by atoms with E-state index in [0.717, 1.165) is 37.7 Å². The Morgan fingerprint density at radius 3 is 2.45 bits per heavy atom. The molecule has 2 atom stereocenters. The number of hydrogen-bond donors (Lipinski definition) is 1. The predicted octanol–water partition coefficient (Wildman–Crippen LogP) is 3.44. The minimum Gasteiger partial charge on any atom is -0.389 e. The zero-order valence-electron chi connectivity index (χ0n) is 16.9. The van der Waals surface area contributed by atoms with E-state index in [9.17, 15) is 14.3 Å². The van der Waals surface area contributed by atoms with Crippen LogP contribution in [0.25, 0.3) is 0 Å². The minimum atomic E-state index is -0.394. The second-order valence-electron chi connectivity index (χ2n) is 9.80. The van der Waals surface area contributed by atoms with Gasteiger partial charge in [0.05, 0.1) is 18.3 Å². The molecule has 5 heteroatoms. The van der Waals surface area contributed by atoms with Gasteiger partial charge in [0, 0.05) is 24.9 Å². The van der Waals surface area contributed by atoms with E-state index >= 15 is 0 Å². The van der Waals surface area contributed by atoms with E-state index in [1.54, 1.807) is 4.90 Å². The Kier molecular flexibility index (Phi) is 4.59. The lowest BCUT2D eigenvalue weighted by Crippen LogP contribution is -2.64. The summed E-state index contributed by atoms with van der Waals surface area (Å²) in [5.74, 6) is 1.24. The molecule has 5 fully saturated rings. The van der Waals surface area contributed by atoms with Gasteiger partial charge >= 0.3 is 0 Å². The zero-order valence-corrected chi connectivity index (χ0v) is 16.9. The third kappa shape index (κ3) is 3.05. The van der Waals surface area contributed by atoms with Gasteiger partial charge in [-0.1, -0.05) is 18.2 Å². The topological polar surface area (TPSA) is 49.8 Å². The van der Waals surface area contributed by atoms with Crippen LogP contribution in [0.1, 0.15) is 44.1 Å². The summed E-state index contributed by atoms with van der Waals surface area (Å²) in [5, 5.41) is 9.64. The molecule has 5 aliphatic rings. The summed E-state index contributed by atoms with van der Waals surface area (Å²) in [6, 6.07) is 6.86. The molecule has 1 amide bonds. The van der Waals surface area contributed by atoms with Crippen LogP contribution in [0.2, 0.25) is 0 Å². The Morgan fingerprint density at radius 2 is 1.86 bits per heavy atom. The lowest BCUT2D eigenvalue weighted by atomic mass is 9.41. The third-order valence-corrected chi connectivity index (χ3v) is 8.14. The smallest absolute Gasteiger partial charge is 0.223 e. The van der Waals surface area contributed by atoms with Crippen LogP contribution in [0.4, 0.5) is 4.39 Å². The Morgan fingerprint density at radius 1 is 1.21 bits per heavy atom. The highest BCUT2D eigenvalue weighted by molar-refractivity contribution is 5.79. The van der Waals surface area contributed by atoms with Crippen molar-refractivity contribution in [1.29, 1.82) is 0 Å². The average Bonchev–Trinajstić information content (AvgIpc) is 2.67. The van der Waals surface area contributed by atoms with E-state index in [1.165, 1.54) is 12.1 Å². The van der Waals surface area contributed by atoms with E-state index < -0.39 is 6.10 Å². The molecule has 29 heavy (non-hydrogen) atoms. The number of nitrogens with zero attached hydrogens (tertiary/aromatic N) is 1. The molecule has 6 rings (SSSR count). The molecule has 2 unspecified atom stereocenters. The highest BCUT2D eigenvalue weighted by Gasteiger charge is 2.63. The molecule has 1 aromatic carbocycles. The van der Waals surface area contributed by atoms with E-state index in [1.807, 2.05) is 18.2 Å². The van der Waals surface area contributed by atoms with Crippen molar-refractivity contribution in [3.63, 3.8) is 0 Å². The maximum Gasteiger partial charge on any atom is 0.223 e. The summed E-state index contributed by atoms with van der Waals surface area (Å²) < 4.78 is 20.0. The Labute approximate surface area is 171 Å². The summed E-state index contributed by atoms with van der Waals surface area (Å²) in [5.41, 5.74) is 0.744. The van der Waals surface area contributed by atoms with Gasteiger partial charge in [-0.25, -0.2) is 4.39 Å². The molecular weight excluding hydrogens is 369 g/mol. The van der Waals surface area contributed by atoms with Crippen molar-refractivity contribution in [2.75, 3.05) is 19.7 Å². The van der Waals surface area contributed by atoms with Crippen molar-refractivity contribution >= 4 is 5.91 Å². The van der Waals surface area contributed by atoms with E-state index in [2.05, 4.69) is 6.58 Å². The van der Waals surface area contributed by atoms with Gasteiger partial charge in [-0.15, -0.1) is 6.58 Å². The number of aliphatic hydroxyl groups excluding tert-OH is 1. The van der Waals surface area contributed by atoms with Crippen molar-refractivity contribution in [3.8, 4) is 0 Å². The molecule has 0 radical (unpaired) electrons. The Bertz CT molecular complexity index is 785. The highest BCUT2D eigenvalue weighted by atomic mass is 19.1. The fourth-order valence-electron chi connectivity index (χ4n) is 7.08. The summed E-state index contributed by atoms with van der Waals surface area (Å²) >= 11 is 0. The van der Waals surface area contributed by atoms with Crippen LogP contribution in [-0.4, -0.2) is 47.3 Å². The quantitative estimate of drug-likeness (QED) is 0.746. The molecule has 4 nitrogen and oxygen atoms in total. The van der Waals surface area contributed by atoms with Gasteiger partial charge in [0.1, 0.15) is 5.82 Å². The fourth-order valence-corrected chi connectivity index (χ4v) is 7.08. The van der Waals surface area contributed by atoms with Gasteiger partial charge in [-0.3, -0.25) is 4.79 Å². The van der Waals surface area contributed by atoms with E-state index in [4.69, 9.17) is 4.74 Å². The zero-order chi connectivity index (χ0) is 20.2. The first-order valence-electron chi connectivity index (χ1n) is 10.9. The van der Waals surface area contributed by atoms with Crippen molar-refractivity contribution in [1.82, 2.24) is 4.90 Å². The molecule has 1 aromatic rings. The number of amides is 1. The number of likely N-dealkylation sites (tertiary alicyclic amines) is 1. The van der Waals surface area contributed by atoms with Crippen LogP contribution in [0.3, 0.4) is 0 Å². The first-order chi connectivity index (χ1) is 13.9. The molecule has 4 saturated carbocycles. The molecule has 0 aromatic heterocycles. The molecular formula is C24H30FNO3. The second-order valence-corrected chi connectivity index (χ2v) is 9.80. The first kappa shape index (κ1) is 19.3. The molecule has 0 spiro atoms. The summed E-state index contributed by atoms with van der Waals surface area (Å²) in [4.78, 5) is 14.9. The van der Waals surface area contributed by atoms with Crippen molar-refractivity contribution in [2.24, 2.45) is 17.8 Å². The van der Waals surface area contributed by atoms with Crippen molar-refractivity contribution < 1.29 is 19.0 Å². The van der Waals surface area contributed by atoms with Crippen LogP contribution in [-0.2, 0) is 14.9 Å². The SMILES string of the molecule is C=CCOC12CC3CC(C1)C(CC(=O)N1CC(O)C1)(c1ccc(F)cc1)C(C3)C2. The number of carbonyl (C=O) groups excluding carboxylic acids is 1. The van der Waals surface area contributed by atoms with Gasteiger partial charge in [-0.05, 0) is 67.6 Å². The molecule has 4 bridgehead atoms. The van der Waals surface area contributed by atoms with Gasteiger partial charge in [-0.2, -0.15) is 0 Å². The standard InChI is InChI=1S/C24H30FNO3/c1-2-7-29-23-10-16-8-18(11-23)24(19(9-16)12-23,17-3-5-20(25)6-4-17)13-22(28)26-14-21(27)15-26/h2-6,16,18-19,21,27H,1,7-15H2. The summed E-state index contributed by atoms with van der Waals surface area (Å²) in [6.07, 6.45) is 7.14. The van der Waals surface area contributed by atoms with Crippen LogP contribution in [0.5, 0.6) is 0 Å². The third-order valence-electron chi connectivity index (χ3n) is 8.14. The van der Waals surface area contributed by atoms with Crippen LogP contribution >= 0.6 is 0 Å².